The molecular formula is C16H15N3O. The summed E-state index contributed by atoms with van der Waals surface area (Å²) in [5, 5.41) is 8.81. The number of benzene rings is 1. The molecule has 0 unspecified atom stereocenters. The van der Waals surface area contributed by atoms with Gasteiger partial charge >= 0.3 is 0 Å². The van der Waals surface area contributed by atoms with Gasteiger partial charge in [0.15, 0.2) is 0 Å². The van der Waals surface area contributed by atoms with Gasteiger partial charge in [0, 0.05) is 11.9 Å². The third-order valence-corrected chi connectivity index (χ3v) is 2.78. The lowest BCUT2D eigenvalue weighted by atomic mass is 10.1. The summed E-state index contributed by atoms with van der Waals surface area (Å²) in [7, 11) is 0. The molecule has 4 nitrogen and oxygen atoms in total. The summed E-state index contributed by atoms with van der Waals surface area (Å²) in [5.74, 6) is 0.773. The van der Waals surface area contributed by atoms with Crippen LogP contribution in [0.25, 0.3) is 0 Å². The van der Waals surface area contributed by atoms with E-state index in [4.69, 9.17) is 15.7 Å². The molecule has 0 aliphatic heterocycles. The summed E-state index contributed by atoms with van der Waals surface area (Å²) in [6, 6.07) is 11.1. The van der Waals surface area contributed by atoms with E-state index >= 15 is 0 Å². The van der Waals surface area contributed by atoms with Gasteiger partial charge in [0.05, 0.1) is 0 Å². The van der Waals surface area contributed by atoms with Crippen LogP contribution in [0, 0.1) is 11.3 Å². The second-order valence-corrected chi connectivity index (χ2v) is 4.31. The fraction of sp³-hybridized carbons (Fsp3) is 0.125. The van der Waals surface area contributed by atoms with Crippen LogP contribution in [0.3, 0.4) is 0 Å². The Balaban J connectivity index is 2.14. The van der Waals surface area contributed by atoms with Crippen LogP contribution in [-0.2, 0) is 13.0 Å². The van der Waals surface area contributed by atoms with Gasteiger partial charge in [0.1, 0.15) is 24.1 Å². The lowest BCUT2D eigenvalue weighted by molar-refractivity contribution is 0.303. The van der Waals surface area contributed by atoms with Crippen molar-refractivity contribution in [2.24, 2.45) is 0 Å². The number of nitrogen functional groups attached to an aromatic ring is 1. The van der Waals surface area contributed by atoms with E-state index in [-0.39, 0.29) is 0 Å². The molecule has 0 atom stereocenters. The Morgan fingerprint density at radius 2 is 2.20 bits per heavy atom. The van der Waals surface area contributed by atoms with Gasteiger partial charge in [-0.25, -0.2) is 4.98 Å². The fourth-order valence-corrected chi connectivity index (χ4v) is 1.84. The molecule has 2 rings (SSSR count). The Morgan fingerprint density at radius 1 is 1.35 bits per heavy atom. The predicted molar refractivity (Wildman–Crippen MR) is 78.0 cm³/mol. The van der Waals surface area contributed by atoms with Crippen LogP contribution in [-0.4, -0.2) is 4.98 Å². The standard InChI is InChI=1S/C16H15N3O/c1-2-3-13-9-14(18)4-5-16(13)20-11-12-6-7-19-15(8-12)10-17/h2,4-9H,1,3,11,18H2. The molecule has 0 spiro atoms. The zero-order valence-electron chi connectivity index (χ0n) is 11.0. The van der Waals surface area contributed by atoms with Crippen LogP contribution in [0.1, 0.15) is 16.8 Å². The van der Waals surface area contributed by atoms with Gasteiger partial charge < -0.3 is 10.5 Å². The Bertz CT molecular complexity index is 659. The molecule has 0 aliphatic carbocycles. The second kappa shape index (κ2) is 6.39. The van der Waals surface area contributed by atoms with Crippen molar-refractivity contribution in [1.29, 1.82) is 5.26 Å². The van der Waals surface area contributed by atoms with Crippen molar-refractivity contribution in [2.75, 3.05) is 5.73 Å². The SMILES string of the molecule is C=CCc1cc(N)ccc1OCc1ccnc(C#N)c1. The topological polar surface area (TPSA) is 71.9 Å². The average molecular weight is 265 g/mol. The number of anilines is 1. The molecule has 1 aromatic heterocycles. The first-order valence-electron chi connectivity index (χ1n) is 6.20. The number of pyridine rings is 1. The lowest BCUT2D eigenvalue weighted by Crippen LogP contribution is -2.00. The van der Waals surface area contributed by atoms with E-state index in [1.165, 1.54) is 0 Å². The van der Waals surface area contributed by atoms with Gasteiger partial charge in [0.2, 0.25) is 0 Å². The van der Waals surface area contributed by atoms with Crippen molar-refractivity contribution in [3.63, 3.8) is 0 Å². The summed E-state index contributed by atoms with van der Waals surface area (Å²) < 4.78 is 5.79. The zero-order chi connectivity index (χ0) is 14.4. The third kappa shape index (κ3) is 3.36. The fourth-order valence-electron chi connectivity index (χ4n) is 1.84. The number of ether oxygens (including phenoxy) is 1. The number of nitriles is 1. The average Bonchev–Trinajstić information content (AvgIpc) is 2.47. The van der Waals surface area contributed by atoms with Crippen LogP contribution in [0.4, 0.5) is 5.69 Å². The summed E-state index contributed by atoms with van der Waals surface area (Å²) in [5.41, 5.74) is 8.75. The van der Waals surface area contributed by atoms with Gasteiger partial charge in [-0.3, -0.25) is 0 Å². The Hall–Kier alpha value is -2.80. The van der Waals surface area contributed by atoms with E-state index in [0.29, 0.717) is 24.4 Å². The number of aromatic nitrogens is 1. The van der Waals surface area contributed by atoms with Crippen LogP contribution in [0.2, 0.25) is 0 Å². The largest absolute Gasteiger partial charge is 0.489 e. The molecule has 0 saturated carbocycles. The molecule has 20 heavy (non-hydrogen) atoms. The minimum atomic E-state index is 0.380. The summed E-state index contributed by atoms with van der Waals surface area (Å²) >= 11 is 0. The van der Waals surface area contributed by atoms with Crippen molar-refractivity contribution < 1.29 is 4.74 Å². The van der Waals surface area contributed by atoms with Crippen molar-refractivity contribution in [1.82, 2.24) is 4.98 Å². The van der Waals surface area contributed by atoms with E-state index < -0.39 is 0 Å². The number of nitrogens with zero attached hydrogens (tertiary/aromatic N) is 2. The highest BCUT2D eigenvalue weighted by atomic mass is 16.5. The van der Waals surface area contributed by atoms with Crippen molar-refractivity contribution in [2.45, 2.75) is 13.0 Å². The smallest absolute Gasteiger partial charge is 0.140 e. The molecule has 1 aromatic carbocycles. The molecule has 0 amide bonds. The highest BCUT2D eigenvalue weighted by Crippen LogP contribution is 2.23. The monoisotopic (exact) mass is 265 g/mol. The quantitative estimate of drug-likeness (QED) is 0.666. The number of nitrogens with two attached hydrogens (primary N) is 1. The highest BCUT2D eigenvalue weighted by molar-refractivity contribution is 5.48. The van der Waals surface area contributed by atoms with E-state index in [0.717, 1.165) is 16.9 Å². The lowest BCUT2D eigenvalue weighted by Gasteiger charge is -2.11. The van der Waals surface area contributed by atoms with Crippen molar-refractivity contribution in [3.8, 4) is 11.8 Å². The first-order chi connectivity index (χ1) is 9.72. The summed E-state index contributed by atoms with van der Waals surface area (Å²) in [4.78, 5) is 3.93. The third-order valence-electron chi connectivity index (χ3n) is 2.78. The molecule has 2 N–H and O–H groups in total. The molecule has 0 aliphatic rings. The molecule has 0 fully saturated rings. The maximum absolute atomic E-state index is 8.81. The van der Waals surface area contributed by atoms with Gasteiger partial charge in [-0.2, -0.15) is 5.26 Å². The van der Waals surface area contributed by atoms with Gasteiger partial charge in [0.25, 0.3) is 0 Å². The minimum absolute atomic E-state index is 0.380. The van der Waals surface area contributed by atoms with E-state index in [1.807, 2.05) is 30.3 Å². The maximum Gasteiger partial charge on any atom is 0.140 e. The Kier molecular flexibility index (Phi) is 4.35. The molecule has 2 aromatic rings. The van der Waals surface area contributed by atoms with Gasteiger partial charge in [-0.15, -0.1) is 6.58 Å². The summed E-state index contributed by atoms with van der Waals surface area (Å²) in [6.45, 7) is 4.11. The molecule has 4 heteroatoms. The van der Waals surface area contributed by atoms with Crippen LogP contribution in [0.5, 0.6) is 5.75 Å². The maximum atomic E-state index is 8.81. The first-order valence-corrected chi connectivity index (χ1v) is 6.20. The minimum Gasteiger partial charge on any atom is -0.489 e. The van der Waals surface area contributed by atoms with Crippen molar-refractivity contribution >= 4 is 5.69 Å². The number of allylic oxidation sites excluding steroid dienone is 1. The number of rotatable bonds is 5. The van der Waals surface area contributed by atoms with E-state index in [9.17, 15) is 0 Å². The summed E-state index contributed by atoms with van der Waals surface area (Å²) in [6.07, 6.45) is 4.10. The normalized spacial score (nSPS) is 9.75. The van der Waals surface area contributed by atoms with Crippen LogP contribution < -0.4 is 10.5 Å². The molecule has 0 radical (unpaired) electrons. The molecule has 1 heterocycles. The van der Waals surface area contributed by atoms with E-state index in [2.05, 4.69) is 11.6 Å². The zero-order valence-corrected chi connectivity index (χ0v) is 11.0. The molecule has 100 valence electrons. The molecule has 0 saturated heterocycles. The number of hydrogen-bond donors (Lipinski definition) is 1. The van der Waals surface area contributed by atoms with Crippen molar-refractivity contribution in [3.05, 3.63) is 66.0 Å². The second-order valence-electron chi connectivity index (χ2n) is 4.31. The van der Waals surface area contributed by atoms with E-state index in [1.54, 1.807) is 18.3 Å². The van der Waals surface area contributed by atoms with Gasteiger partial charge in [-0.1, -0.05) is 6.08 Å². The Labute approximate surface area is 118 Å². The highest BCUT2D eigenvalue weighted by Gasteiger charge is 2.04. The first kappa shape index (κ1) is 13.6. The van der Waals surface area contributed by atoms with Crippen LogP contribution in [0.15, 0.2) is 49.2 Å². The van der Waals surface area contributed by atoms with Gasteiger partial charge in [-0.05, 0) is 47.9 Å². The molecule has 0 bridgehead atoms. The van der Waals surface area contributed by atoms with Crippen LogP contribution >= 0.6 is 0 Å². The number of hydrogen-bond acceptors (Lipinski definition) is 4. The Morgan fingerprint density at radius 3 is 2.95 bits per heavy atom. The predicted octanol–water partition coefficient (Wildman–Crippen LogP) is 2.84. The molecular weight excluding hydrogens is 250 g/mol.